The molecule has 1 saturated heterocycles. The van der Waals surface area contributed by atoms with Crippen molar-refractivity contribution < 1.29 is 0 Å². The SMILES string of the molecule is Cc1cc(=[N+](C)C)cc2sc3cc(N4CCCC4)cc(C)c3nc1-2. The van der Waals surface area contributed by atoms with Crippen LogP contribution < -0.4 is 14.8 Å². The van der Waals surface area contributed by atoms with Crippen LogP contribution in [0.3, 0.4) is 0 Å². The van der Waals surface area contributed by atoms with Crippen LogP contribution in [-0.2, 0) is 0 Å². The molecule has 4 heteroatoms. The van der Waals surface area contributed by atoms with E-state index in [1.165, 1.54) is 57.7 Å². The predicted octanol–water partition coefficient (Wildman–Crippen LogP) is 3.65. The van der Waals surface area contributed by atoms with E-state index in [0.717, 1.165) is 11.2 Å². The Labute approximate surface area is 147 Å². The van der Waals surface area contributed by atoms with Crippen LogP contribution in [0.5, 0.6) is 0 Å². The minimum Gasteiger partial charge on any atom is -0.371 e. The van der Waals surface area contributed by atoms with Gasteiger partial charge in [0.25, 0.3) is 0 Å². The highest BCUT2D eigenvalue weighted by molar-refractivity contribution is 7.21. The molecule has 0 aromatic heterocycles. The monoisotopic (exact) mass is 338 g/mol. The molecule has 124 valence electrons. The summed E-state index contributed by atoms with van der Waals surface area (Å²) in [6, 6.07) is 9.13. The summed E-state index contributed by atoms with van der Waals surface area (Å²) >= 11 is 1.87. The molecule has 0 amide bonds. The van der Waals surface area contributed by atoms with Crippen LogP contribution in [0.25, 0.3) is 20.8 Å². The van der Waals surface area contributed by atoms with Gasteiger partial charge in [0, 0.05) is 30.9 Å². The first-order valence-corrected chi connectivity index (χ1v) is 9.46. The van der Waals surface area contributed by atoms with Crippen LogP contribution in [0.4, 0.5) is 5.69 Å². The van der Waals surface area contributed by atoms with Crippen LogP contribution in [0.15, 0.2) is 24.3 Å². The Morgan fingerprint density at radius 3 is 2.46 bits per heavy atom. The van der Waals surface area contributed by atoms with Crippen molar-refractivity contribution in [3.63, 3.8) is 0 Å². The third kappa shape index (κ3) is 2.59. The van der Waals surface area contributed by atoms with Crippen LogP contribution in [-0.4, -0.2) is 32.2 Å². The topological polar surface area (TPSA) is 19.1 Å². The van der Waals surface area contributed by atoms with Gasteiger partial charge in [-0.1, -0.05) is 0 Å². The number of rotatable bonds is 1. The third-order valence-corrected chi connectivity index (χ3v) is 5.99. The number of hydrogen-bond acceptors (Lipinski definition) is 3. The van der Waals surface area contributed by atoms with Gasteiger partial charge in [-0.25, -0.2) is 9.56 Å². The average molecular weight is 339 g/mol. The number of nitrogens with zero attached hydrogens (tertiary/aromatic N) is 3. The fraction of sp³-hybridized carbons (Fsp3) is 0.400. The van der Waals surface area contributed by atoms with E-state index < -0.39 is 0 Å². The first-order chi connectivity index (χ1) is 11.5. The van der Waals surface area contributed by atoms with Crippen molar-refractivity contribution in [3.05, 3.63) is 40.7 Å². The van der Waals surface area contributed by atoms with E-state index in [-0.39, 0.29) is 0 Å². The van der Waals surface area contributed by atoms with Gasteiger partial charge in [0.1, 0.15) is 14.1 Å². The molecule has 1 aliphatic carbocycles. The van der Waals surface area contributed by atoms with Crippen LogP contribution >= 0.6 is 11.3 Å². The fourth-order valence-electron chi connectivity index (χ4n) is 3.55. The highest BCUT2D eigenvalue weighted by Gasteiger charge is 2.17. The number of fused-ring (bicyclic) bond motifs is 2. The summed E-state index contributed by atoms with van der Waals surface area (Å²) in [6.45, 7) is 6.72. The number of benzene rings is 2. The van der Waals surface area contributed by atoms with Gasteiger partial charge in [-0.3, -0.25) is 0 Å². The minimum absolute atomic E-state index is 1.13. The lowest BCUT2D eigenvalue weighted by molar-refractivity contribution is 0.812. The average Bonchev–Trinajstić information content (AvgIpc) is 3.07. The molecule has 3 nitrogen and oxygen atoms in total. The van der Waals surface area contributed by atoms with Crippen molar-refractivity contribution in [3.8, 4) is 10.6 Å². The van der Waals surface area contributed by atoms with Crippen LogP contribution in [0.1, 0.15) is 24.0 Å². The summed E-state index contributed by atoms with van der Waals surface area (Å²) in [5.41, 5.74) is 6.17. The first-order valence-electron chi connectivity index (χ1n) is 8.64. The molecule has 0 saturated carbocycles. The van der Waals surface area contributed by atoms with Gasteiger partial charge in [-0.05, 0) is 49.9 Å². The minimum atomic E-state index is 1.13. The quantitative estimate of drug-likeness (QED) is 0.498. The van der Waals surface area contributed by atoms with E-state index in [4.69, 9.17) is 4.98 Å². The zero-order valence-corrected chi connectivity index (χ0v) is 15.7. The van der Waals surface area contributed by atoms with Gasteiger partial charge in [0.2, 0.25) is 5.36 Å². The summed E-state index contributed by atoms with van der Waals surface area (Å²) < 4.78 is 3.45. The summed E-state index contributed by atoms with van der Waals surface area (Å²) in [7, 11) is 4.19. The Morgan fingerprint density at radius 1 is 1.00 bits per heavy atom. The van der Waals surface area contributed by atoms with Gasteiger partial charge in [-0.15, -0.1) is 11.3 Å². The van der Waals surface area contributed by atoms with Gasteiger partial charge >= 0.3 is 0 Å². The number of hydrogen-bond donors (Lipinski definition) is 0. The molecule has 24 heavy (non-hydrogen) atoms. The molecule has 0 unspecified atom stereocenters. The zero-order chi connectivity index (χ0) is 16.8. The smallest absolute Gasteiger partial charge is 0.201 e. The van der Waals surface area contributed by atoms with E-state index in [1.54, 1.807) is 0 Å². The molecule has 2 heterocycles. The highest BCUT2D eigenvalue weighted by Crippen LogP contribution is 2.35. The Kier molecular flexibility index (Phi) is 3.80. The lowest BCUT2D eigenvalue weighted by Crippen LogP contribution is -2.22. The maximum absolute atomic E-state index is 5.02. The first kappa shape index (κ1) is 15.6. The molecular formula is C20H24N3S+. The largest absolute Gasteiger partial charge is 0.371 e. The maximum atomic E-state index is 5.02. The summed E-state index contributed by atoms with van der Waals surface area (Å²) in [4.78, 5) is 8.79. The van der Waals surface area contributed by atoms with E-state index in [0.29, 0.717) is 0 Å². The van der Waals surface area contributed by atoms with Crippen molar-refractivity contribution in [1.29, 1.82) is 0 Å². The van der Waals surface area contributed by atoms with E-state index >= 15 is 0 Å². The summed E-state index contributed by atoms with van der Waals surface area (Å²) in [5, 5.41) is 1.24. The molecular weight excluding hydrogens is 314 g/mol. The molecule has 0 atom stereocenters. The Balaban J connectivity index is 1.99. The molecule has 2 aliphatic heterocycles. The second-order valence-electron chi connectivity index (χ2n) is 7.02. The van der Waals surface area contributed by atoms with E-state index in [2.05, 4.69) is 61.7 Å². The van der Waals surface area contributed by atoms with Gasteiger partial charge in [0.15, 0.2) is 0 Å². The second-order valence-corrected chi connectivity index (χ2v) is 8.11. The van der Waals surface area contributed by atoms with Crippen molar-refractivity contribution in [2.75, 3.05) is 32.1 Å². The highest BCUT2D eigenvalue weighted by atomic mass is 32.1. The van der Waals surface area contributed by atoms with E-state index in [9.17, 15) is 0 Å². The third-order valence-electron chi connectivity index (χ3n) is 4.93. The second kappa shape index (κ2) is 5.85. The normalized spacial score (nSPS) is 14.8. The Hall–Kier alpha value is -1.94. The molecule has 0 bridgehead atoms. The standard InChI is InChI=1S/C20H24N3S/c1-13-9-15(22(3)4)11-17-19(13)21-20-14(2)10-16(12-18(20)24-17)23-7-5-6-8-23/h9-12H,5-8H2,1-4H3/q+1. The molecule has 4 rings (SSSR count). The maximum Gasteiger partial charge on any atom is 0.201 e. The van der Waals surface area contributed by atoms with Gasteiger partial charge < -0.3 is 4.90 Å². The number of anilines is 1. The zero-order valence-electron chi connectivity index (χ0n) is 14.9. The van der Waals surface area contributed by atoms with Crippen molar-refractivity contribution in [2.45, 2.75) is 26.7 Å². The lowest BCUT2D eigenvalue weighted by atomic mass is 10.1. The van der Waals surface area contributed by atoms with Gasteiger partial charge in [-0.2, -0.15) is 0 Å². The Morgan fingerprint density at radius 2 is 1.75 bits per heavy atom. The van der Waals surface area contributed by atoms with E-state index in [1.807, 2.05) is 11.3 Å². The molecule has 1 fully saturated rings. The number of aromatic nitrogens is 1. The van der Waals surface area contributed by atoms with Crippen molar-refractivity contribution in [2.24, 2.45) is 0 Å². The number of aryl methyl sites for hydroxylation is 2. The molecule has 1 aromatic rings. The summed E-state index contributed by atoms with van der Waals surface area (Å²) in [5.74, 6) is 0. The predicted molar refractivity (Wildman–Crippen MR) is 104 cm³/mol. The lowest BCUT2D eigenvalue weighted by Gasteiger charge is -2.19. The Bertz CT molecular complexity index is 961. The summed E-state index contributed by atoms with van der Waals surface area (Å²) in [6.07, 6.45) is 2.61. The van der Waals surface area contributed by atoms with Crippen molar-refractivity contribution in [1.82, 2.24) is 9.56 Å². The van der Waals surface area contributed by atoms with Crippen molar-refractivity contribution >= 4 is 27.2 Å². The van der Waals surface area contributed by atoms with Crippen LogP contribution in [0.2, 0.25) is 0 Å². The van der Waals surface area contributed by atoms with Crippen LogP contribution in [0, 0.1) is 13.8 Å². The molecule has 0 radical (unpaired) electrons. The molecule has 1 aromatic carbocycles. The molecule has 0 spiro atoms. The molecule has 3 aliphatic rings. The van der Waals surface area contributed by atoms with Gasteiger partial charge in [0.05, 0.1) is 20.8 Å². The molecule has 0 N–H and O–H groups in total. The fourth-order valence-corrected chi connectivity index (χ4v) is 4.75.